The summed E-state index contributed by atoms with van der Waals surface area (Å²) in [7, 11) is 0. The number of hydrogen-bond acceptors (Lipinski definition) is 3. The second-order valence-corrected chi connectivity index (χ2v) is 5.38. The van der Waals surface area contributed by atoms with Crippen molar-refractivity contribution in [3.63, 3.8) is 0 Å². The molecule has 3 nitrogen and oxygen atoms in total. The highest BCUT2D eigenvalue weighted by Crippen LogP contribution is 2.26. The van der Waals surface area contributed by atoms with Crippen molar-refractivity contribution in [2.24, 2.45) is 5.92 Å². The minimum atomic E-state index is -0.520. The molecule has 0 aliphatic rings. The Bertz CT molecular complexity index is 377. The van der Waals surface area contributed by atoms with E-state index in [1.165, 1.54) is 0 Å². The Balaban J connectivity index is 2.59. The third-order valence-electron chi connectivity index (χ3n) is 3.06. The highest BCUT2D eigenvalue weighted by molar-refractivity contribution is 5.38. The number of aliphatic hydroxyl groups is 1. The van der Waals surface area contributed by atoms with E-state index in [1.54, 1.807) is 0 Å². The average molecular weight is 265 g/mol. The molecule has 1 unspecified atom stereocenters. The van der Waals surface area contributed by atoms with E-state index >= 15 is 0 Å². The van der Waals surface area contributed by atoms with Crippen molar-refractivity contribution in [1.82, 2.24) is 5.32 Å². The van der Waals surface area contributed by atoms with Crippen molar-refractivity contribution in [2.75, 3.05) is 19.7 Å². The normalized spacial score (nSPS) is 12.7. The van der Waals surface area contributed by atoms with Gasteiger partial charge in [0.15, 0.2) is 0 Å². The zero-order valence-electron chi connectivity index (χ0n) is 12.6. The molecule has 0 spiro atoms. The second kappa shape index (κ2) is 8.18. The lowest BCUT2D eigenvalue weighted by molar-refractivity contribution is 0.168. The van der Waals surface area contributed by atoms with Gasteiger partial charge in [-0.15, -0.1) is 0 Å². The van der Waals surface area contributed by atoms with Crippen molar-refractivity contribution in [3.8, 4) is 5.75 Å². The van der Waals surface area contributed by atoms with Crippen LogP contribution in [0.25, 0.3) is 0 Å². The standard InChI is InChI=1S/C16H27NO2/c1-5-19-16-7-6-13(4)10-14(16)15(18)11-17-9-8-12(2)3/h6-7,10,12,15,17-18H,5,8-9,11H2,1-4H3. The van der Waals surface area contributed by atoms with Crippen molar-refractivity contribution < 1.29 is 9.84 Å². The fourth-order valence-electron chi connectivity index (χ4n) is 1.95. The van der Waals surface area contributed by atoms with Gasteiger partial charge in [0.1, 0.15) is 5.75 Å². The summed E-state index contributed by atoms with van der Waals surface area (Å²) in [6, 6.07) is 5.94. The van der Waals surface area contributed by atoms with Crippen LogP contribution in [0.5, 0.6) is 5.75 Å². The number of benzene rings is 1. The van der Waals surface area contributed by atoms with Gasteiger partial charge in [0.2, 0.25) is 0 Å². The van der Waals surface area contributed by atoms with Gasteiger partial charge >= 0.3 is 0 Å². The SMILES string of the molecule is CCOc1ccc(C)cc1C(O)CNCCC(C)C. The van der Waals surface area contributed by atoms with E-state index in [0.29, 0.717) is 19.1 Å². The number of ether oxygens (including phenoxy) is 1. The molecule has 19 heavy (non-hydrogen) atoms. The molecule has 0 amide bonds. The summed E-state index contributed by atoms with van der Waals surface area (Å²) in [6.45, 7) is 10.5. The monoisotopic (exact) mass is 265 g/mol. The Morgan fingerprint density at radius 1 is 1.32 bits per heavy atom. The van der Waals surface area contributed by atoms with E-state index in [0.717, 1.165) is 29.8 Å². The molecule has 1 atom stereocenters. The van der Waals surface area contributed by atoms with Crippen LogP contribution in [-0.4, -0.2) is 24.8 Å². The van der Waals surface area contributed by atoms with Gasteiger partial charge < -0.3 is 15.2 Å². The fourth-order valence-corrected chi connectivity index (χ4v) is 1.95. The predicted molar refractivity (Wildman–Crippen MR) is 79.6 cm³/mol. The molecule has 108 valence electrons. The van der Waals surface area contributed by atoms with Crippen LogP contribution in [-0.2, 0) is 0 Å². The molecule has 0 aromatic heterocycles. The fraction of sp³-hybridized carbons (Fsp3) is 0.625. The van der Waals surface area contributed by atoms with Gasteiger partial charge in [-0.2, -0.15) is 0 Å². The summed E-state index contributed by atoms with van der Waals surface area (Å²) < 4.78 is 5.57. The van der Waals surface area contributed by atoms with Gasteiger partial charge in [0.25, 0.3) is 0 Å². The molecule has 1 rings (SSSR count). The third-order valence-corrected chi connectivity index (χ3v) is 3.06. The zero-order chi connectivity index (χ0) is 14.3. The first kappa shape index (κ1) is 16.0. The van der Waals surface area contributed by atoms with Crippen molar-refractivity contribution in [3.05, 3.63) is 29.3 Å². The van der Waals surface area contributed by atoms with Crippen LogP contribution in [0.15, 0.2) is 18.2 Å². The van der Waals surface area contributed by atoms with Crippen molar-refractivity contribution in [1.29, 1.82) is 0 Å². The van der Waals surface area contributed by atoms with Gasteiger partial charge in [-0.1, -0.05) is 25.5 Å². The summed E-state index contributed by atoms with van der Waals surface area (Å²) in [5.74, 6) is 1.47. The van der Waals surface area contributed by atoms with Crippen LogP contribution < -0.4 is 10.1 Å². The van der Waals surface area contributed by atoms with E-state index in [1.807, 2.05) is 32.0 Å². The van der Waals surface area contributed by atoms with Crippen LogP contribution in [0, 0.1) is 12.8 Å². The van der Waals surface area contributed by atoms with Crippen LogP contribution in [0.3, 0.4) is 0 Å². The van der Waals surface area contributed by atoms with Crippen LogP contribution in [0.1, 0.15) is 44.4 Å². The Labute approximate surface area is 117 Å². The smallest absolute Gasteiger partial charge is 0.125 e. The molecule has 0 aliphatic carbocycles. The first-order chi connectivity index (χ1) is 9.04. The minimum absolute atomic E-state index is 0.520. The van der Waals surface area contributed by atoms with Gasteiger partial charge in [-0.3, -0.25) is 0 Å². The molecule has 0 aliphatic heterocycles. The molecule has 0 fully saturated rings. The molecular weight excluding hydrogens is 238 g/mol. The summed E-state index contributed by atoms with van der Waals surface area (Å²) in [5, 5.41) is 13.6. The number of nitrogens with one attached hydrogen (secondary N) is 1. The van der Waals surface area contributed by atoms with Gasteiger partial charge in [0, 0.05) is 12.1 Å². The van der Waals surface area contributed by atoms with Crippen LogP contribution in [0.2, 0.25) is 0 Å². The van der Waals surface area contributed by atoms with E-state index < -0.39 is 6.10 Å². The number of aryl methyl sites for hydroxylation is 1. The summed E-state index contributed by atoms with van der Waals surface area (Å²) in [4.78, 5) is 0. The van der Waals surface area contributed by atoms with E-state index in [9.17, 15) is 5.11 Å². The molecular formula is C16H27NO2. The Morgan fingerprint density at radius 3 is 2.68 bits per heavy atom. The average Bonchev–Trinajstić information content (AvgIpc) is 2.36. The van der Waals surface area contributed by atoms with E-state index in [2.05, 4.69) is 19.2 Å². The highest BCUT2D eigenvalue weighted by Gasteiger charge is 2.13. The molecule has 0 bridgehead atoms. The first-order valence-electron chi connectivity index (χ1n) is 7.16. The summed E-state index contributed by atoms with van der Waals surface area (Å²) >= 11 is 0. The second-order valence-electron chi connectivity index (χ2n) is 5.38. The number of hydrogen-bond donors (Lipinski definition) is 2. The molecule has 0 saturated heterocycles. The first-order valence-corrected chi connectivity index (χ1v) is 7.16. The maximum absolute atomic E-state index is 10.3. The van der Waals surface area contributed by atoms with Gasteiger partial charge in [0.05, 0.1) is 12.7 Å². The van der Waals surface area contributed by atoms with E-state index in [4.69, 9.17) is 4.74 Å². The quantitative estimate of drug-likeness (QED) is 0.710. The molecule has 0 saturated carbocycles. The largest absolute Gasteiger partial charge is 0.493 e. The van der Waals surface area contributed by atoms with Crippen LogP contribution >= 0.6 is 0 Å². The molecule has 2 N–H and O–H groups in total. The summed E-state index contributed by atoms with van der Waals surface area (Å²) in [5.41, 5.74) is 2.01. The lowest BCUT2D eigenvalue weighted by Crippen LogP contribution is -2.23. The molecule has 1 aromatic carbocycles. The van der Waals surface area contributed by atoms with Gasteiger partial charge in [-0.25, -0.2) is 0 Å². The van der Waals surface area contributed by atoms with Crippen molar-refractivity contribution in [2.45, 2.75) is 40.2 Å². The highest BCUT2D eigenvalue weighted by atomic mass is 16.5. The molecule has 0 heterocycles. The lowest BCUT2D eigenvalue weighted by atomic mass is 10.0. The predicted octanol–water partition coefficient (Wildman–Crippen LogP) is 3.06. The van der Waals surface area contributed by atoms with E-state index in [-0.39, 0.29) is 0 Å². The Hall–Kier alpha value is -1.06. The number of aliphatic hydroxyl groups excluding tert-OH is 1. The maximum atomic E-state index is 10.3. The molecule has 1 aromatic rings. The summed E-state index contributed by atoms with van der Waals surface area (Å²) in [6.07, 6.45) is 0.604. The van der Waals surface area contributed by atoms with Crippen LogP contribution in [0.4, 0.5) is 0 Å². The number of rotatable bonds is 8. The molecule has 3 heteroatoms. The Kier molecular flexibility index (Phi) is 6.89. The molecule has 0 radical (unpaired) electrons. The topological polar surface area (TPSA) is 41.5 Å². The minimum Gasteiger partial charge on any atom is -0.493 e. The third kappa shape index (κ3) is 5.62. The maximum Gasteiger partial charge on any atom is 0.125 e. The lowest BCUT2D eigenvalue weighted by Gasteiger charge is -2.17. The van der Waals surface area contributed by atoms with Crippen molar-refractivity contribution >= 4 is 0 Å². The van der Waals surface area contributed by atoms with Gasteiger partial charge in [-0.05, 0) is 44.9 Å². The zero-order valence-corrected chi connectivity index (χ0v) is 12.6. The Morgan fingerprint density at radius 2 is 2.05 bits per heavy atom.